The molecule has 1 fully saturated rings. The molecule has 0 atom stereocenters. The lowest BCUT2D eigenvalue weighted by molar-refractivity contribution is 0.0737. The van der Waals surface area contributed by atoms with Gasteiger partial charge in [-0.15, -0.1) is 0 Å². The Hall–Kier alpha value is -1.33. The van der Waals surface area contributed by atoms with E-state index in [-0.39, 0.29) is 5.91 Å². The number of hydrogen-bond donors (Lipinski definition) is 1. The van der Waals surface area contributed by atoms with Crippen molar-refractivity contribution in [3.63, 3.8) is 0 Å². The minimum absolute atomic E-state index is 0.0176. The van der Waals surface area contributed by atoms with Gasteiger partial charge >= 0.3 is 0 Å². The summed E-state index contributed by atoms with van der Waals surface area (Å²) in [6.07, 6.45) is 0.984. The maximum atomic E-state index is 12.4. The Morgan fingerprint density at radius 1 is 1.26 bits per heavy atom. The second kappa shape index (κ2) is 5.35. The quantitative estimate of drug-likeness (QED) is 0.877. The topological polar surface area (TPSA) is 45.5 Å². The van der Waals surface area contributed by atoms with Crippen LogP contribution in [0.25, 0.3) is 11.0 Å². The van der Waals surface area contributed by atoms with E-state index in [2.05, 4.69) is 21.2 Å². The van der Waals surface area contributed by atoms with E-state index in [1.54, 1.807) is 0 Å². The van der Waals surface area contributed by atoms with Crippen LogP contribution >= 0.6 is 15.9 Å². The largest absolute Gasteiger partial charge is 0.451 e. The summed E-state index contributed by atoms with van der Waals surface area (Å²) in [4.78, 5) is 14.3. The van der Waals surface area contributed by atoms with E-state index < -0.39 is 0 Å². The SMILES string of the molecule is O=C(c1cc2cc(Br)ccc2o1)N1CCCNCC1. The molecule has 1 aromatic carbocycles. The first-order valence-corrected chi connectivity index (χ1v) is 7.22. The van der Waals surface area contributed by atoms with Crippen molar-refractivity contribution in [1.29, 1.82) is 0 Å². The predicted molar refractivity (Wildman–Crippen MR) is 77.3 cm³/mol. The van der Waals surface area contributed by atoms with Crippen LogP contribution in [-0.2, 0) is 0 Å². The van der Waals surface area contributed by atoms with Crippen molar-refractivity contribution in [1.82, 2.24) is 10.2 Å². The lowest BCUT2D eigenvalue weighted by Gasteiger charge is -2.18. The van der Waals surface area contributed by atoms with Crippen molar-refractivity contribution in [2.24, 2.45) is 0 Å². The Morgan fingerprint density at radius 2 is 2.16 bits per heavy atom. The smallest absolute Gasteiger partial charge is 0.289 e. The fourth-order valence-electron chi connectivity index (χ4n) is 2.32. The molecule has 3 rings (SSSR count). The van der Waals surface area contributed by atoms with Gasteiger partial charge in [-0.05, 0) is 37.2 Å². The van der Waals surface area contributed by atoms with Crippen LogP contribution < -0.4 is 5.32 Å². The molecular formula is C14H15BrN2O2. The highest BCUT2D eigenvalue weighted by Crippen LogP contribution is 2.24. The van der Waals surface area contributed by atoms with Crippen molar-refractivity contribution in [2.45, 2.75) is 6.42 Å². The molecule has 0 radical (unpaired) electrons. The number of nitrogens with zero attached hydrogens (tertiary/aromatic N) is 1. The Bertz CT molecular complexity index is 601. The van der Waals surface area contributed by atoms with Gasteiger partial charge in [0.25, 0.3) is 5.91 Å². The third kappa shape index (κ3) is 2.67. The van der Waals surface area contributed by atoms with Crippen molar-refractivity contribution in [3.05, 3.63) is 34.5 Å². The first-order chi connectivity index (χ1) is 9.24. The zero-order valence-corrected chi connectivity index (χ0v) is 12.1. The van der Waals surface area contributed by atoms with E-state index in [1.807, 2.05) is 29.2 Å². The Morgan fingerprint density at radius 3 is 3.05 bits per heavy atom. The summed E-state index contributed by atoms with van der Waals surface area (Å²) < 4.78 is 6.63. The molecule has 100 valence electrons. The number of halogens is 1. The molecule has 1 N–H and O–H groups in total. The zero-order valence-electron chi connectivity index (χ0n) is 10.5. The second-order valence-electron chi connectivity index (χ2n) is 4.69. The maximum Gasteiger partial charge on any atom is 0.289 e. The van der Waals surface area contributed by atoms with Crippen LogP contribution in [0.4, 0.5) is 0 Å². The lowest BCUT2D eigenvalue weighted by atomic mass is 10.2. The second-order valence-corrected chi connectivity index (χ2v) is 5.60. The fourth-order valence-corrected chi connectivity index (χ4v) is 2.70. The summed E-state index contributed by atoms with van der Waals surface area (Å²) >= 11 is 3.42. The van der Waals surface area contributed by atoms with E-state index in [0.29, 0.717) is 5.76 Å². The van der Waals surface area contributed by atoms with Gasteiger partial charge in [-0.25, -0.2) is 0 Å². The molecule has 1 aliphatic heterocycles. The van der Waals surface area contributed by atoms with Gasteiger partial charge in [-0.2, -0.15) is 0 Å². The standard InChI is InChI=1S/C14H15BrN2O2/c15-11-2-3-12-10(8-11)9-13(19-12)14(18)17-6-1-4-16-5-7-17/h2-3,8-9,16H,1,4-7H2. The van der Waals surface area contributed by atoms with E-state index in [0.717, 1.165) is 48.0 Å². The van der Waals surface area contributed by atoms with Crippen molar-refractivity contribution < 1.29 is 9.21 Å². The molecule has 2 aromatic rings. The van der Waals surface area contributed by atoms with Gasteiger partial charge < -0.3 is 14.6 Å². The van der Waals surface area contributed by atoms with Gasteiger partial charge in [0.05, 0.1) is 0 Å². The van der Waals surface area contributed by atoms with Gasteiger partial charge in [0.2, 0.25) is 0 Å². The number of rotatable bonds is 1. The molecule has 19 heavy (non-hydrogen) atoms. The summed E-state index contributed by atoms with van der Waals surface area (Å²) in [6.45, 7) is 3.33. The average Bonchev–Trinajstić information content (AvgIpc) is 2.64. The zero-order chi connectivity index (χ0) is 13.2. The highest BCUT2D eigenvalue weighted by Gasteiger charge is 2.20. The molecule has 1 aromatic heterocycles. The summed E-state index contributed by atoms with van der Waals surface area (Å²) in [6, 6.07) is 7.57. The highest BCUT2D eigenvalue weighted by atomic mass is 79.9. The molecule has 1 aliphatic rings. The molecule has 0 spiro atoms. The van der Waals surface area contributed by atoms with Crippen LogP contribution in [0.5, 0.6) is 0 Å². The van der Waals surface area contributed by atoms with Crippen LogP contribution in [0.15, 0.2) is 33.2 Å². The Balaban J connectivity index is 1.88. The van der Waals surface area contributed by atoms with Crippen molar-refractivity contribution in [3.8, 4) is 0 Å². The van der Waals surface area contributed by atoms with E-state index in [9.17, 15) is 4.79 Å². The van der Waals surface area contributed by atoms with Gasteiger partial charge in [0.15, 0.2) is 5.76 Å². The van der Waals surface area contributed by atoms with Crippen LogP contribution in [0.3, 0.4) is 0 Å². The molecule has 0 saturated carbocycles. The summed E-state index contributed by atoms with van der Waals surface area (Å²) in [5.74, 6) is 0.408. The number of hydrogen-bond acceptors (Lipinski definition) is 3. The van der Waals surface area contributed by atoms with E-state index >= 15 is 0 Å². The Kier molecular flexibility index (Phi) is 3.57. The lowest BCUT2D eigenvalue weighted by Crippen LogP contribution is -2.33. The molecule has 1 saturated heterocycles. The van der Waals surface area contributed by atoms with E-state index in [1.165, 1.54) is 0 Å². The Labute approximate surface area is 119 Å². The van der Waals surface area contributed by atoms with Crippen molar-refractivity contribution >= 4 is 32.8 Å². The third-order valence-corrected chi connectivity index (χ3v) is 3.81. The van der Waals surface area contributed by atoms with Crippen molar-refractivity contribution in [2.75, 3.05) is 26.2 Å². The van der Waals surface area contributed by atoms with Crippen LogP contribution in [0, 0.1) is 0 Å². The number of nitrogens with one attached hydrogen (secondary N) is 1. The van der Waals surface area contributed by atoms with Gasteiger partial charge in [0.1, 0.15) is 5.58 Å². The molecule has 2 heterocycles. The third-order valence-electron chi connectivity index (χ3n) is 3.32. The molecule has 5 heteroatoms. The highest BCUT2D eigenvalue weighted by molar-refractivity contribution is 9.10. The summed E-state index contributed by atoms with van der Waals surface area (Å²) in [5, 5.41) is 4.24. The van der Waals surface area contributed by atoms with Crippen LogP contribution in [-0.4, -0.2) is 37.0 Å². The minimum atomic E-state index is -0.0176. The molecule has 1 amide bonds. The molecule has 0 aliphatic carbocycles. The van der Waals surface area contributed by atoms with Crippen LogP contribution in [0.1, 0.15) is 17.0 Å². The number of carbonyl (C=O) groups is 1. The first-order valence-electron chi connectivity index (χ1n) is 6.43. The molecule has 0 bridgehead atoms. The number of furan rings is 1. The number of amides is 1. The summed E-state index contributed by atoms with van der Waals surface area (Å²) in [5.41, 5.74) is 0.750. The summed E-state index contributed by atoms with van der Waals surface area (Å²) in [7, 11) is 0. The van der Waals surface area contributed by atoms with Gasteiger partial charge in [-0.3, -0.25) is 4.79 Å². The first kappa shape index (κ1) is 12.7. The maximum absolute atomic E-state index is 12.4. The van der Waals surface area contributed by atoms with E-state index in [4.69, 9.17) is 4.42 Å². The minimum Gasteiger partial charge on any atom is -0.451 e. The van der Waals surface area contributed by atoms with Gasteiger partial charge in [-0.1, -0.05) is 15.9 Å². The fraction of sp³-hybridized carbons (Fsp3) is 0.357. The normalized spacial score (nSPS) is 16.6. The number of fused-ring (bicyclic) bond motifs is 1. The van der Waals surface area contributed by atoms with Crippen LogP contribution in [0.2, 0.25) is 0 Å². The number of carbonyl (C=O) groups excluding carboxylic acids is 1. The molecular weight excluding hydrogens is 308 g/mol. The average molecular weight is 323 g/mol. The molecule has 4 nitrogen and oxygen atoms in total. The van der Waals surface area contributed by atoms with Gasteiger partial charge in [0, 0.05) is 29.5 Å². The monoisotopic (exact) mass is 322 g/mol. The number of benzene rings is 1. The molecule has 0 unspecified atom stereocenters. The predicted octanol–water partition coefficient (Wildman–Crippen LogP) is 2.63.